The number of nitriles is 1. The maximum atomic E-state index is 8.95. The van der Waals surface area contributed by atoms with Crippen molar-refractivity contribution in [2.24, 2.45) is 0 Å². The molecule has 0 bridgehead atoms. The molecule has 0 amide bonds. The maximum absolute atomic E-state index is 8.95. The summed E-state index contributed by atoms with van der Waals surface area (Å²) in [5.74, 6) is 0. The van der Waals surface area contributed by atoms with Crippen LogP contribution in [0.25, 0.3) is 16.7 Å². The fourth-order valence-electron chi connectivity index (χ4n) is 3.96. The van der Waals surface area contributed by atoms with Crippen LogP contribution in [0.5, 0.6) is 0 Å². The van der Waals surface area contributed by atoms with Gasteiger partial charge >= 0.3 is 0 Å². The number of hydrogen-bond donors (Lipinski definition) is 2. The lowest BCUT2D eigenvalue weighted by Crippen LogP contribution is -2.01. The van der Waals surface area contributed by atoms with Crippen LogP contribution in [0.3, 0.4) is 0 Å². The van der Waals surface area contributed by atoms with E-state index in [1.54, 1.807) is 0 Å². The van der Waals surface area contributed by atoms with Crippen molar-refractivity contribution in [3.63, 3.8) is 0 Å². The van der Waals surface area contributed by atoms with E-state index in [0.29, 0.717) is 17.9 Å². The molecule has 3 aromatic rings. The van der Waals surface area contributed by atoms with E-state index in [-0.39, 0.29) is 0 Å². The van der Waals surface area contributed by atoms with Gasteiger partial charge < -0.3 is 11.1 Å². The number of rotatable bonds is 6. The Morgan fingerprint density at radius 1 is 1.13 bits per heavy atom. The lowest BCUT2D eigenvalue weighted by Gasteiger charge is -2.18. The average Bonchev–Trinajstić information content (AvgIpc) is 2.71. The molecule has 3 N–H and O–H groups in total. The number of halogens is 1. The second-order valence-electron chi connectivity index (χ2n) is 7.49. The molecule has 0 atom stereocenters. The Morgan fingerprint density at radius 2 is 1.83 bits per heavy atom. The van der Waals surface area contributed by atoms with Crippen molar-refractivity contribution < 1.29 is 0 Å². The molecule has 30 heavy (non-hydrogen) atoms. The summed E-state index contributed by atoms with van der Waals surface area (Å²) in [6.07, 6.45) is 1.01. The highest BCUT2D eigenvalue weighted by Crippen LogP contribution is 2.37. The number of anilines is 2. The summed E-state index contributed by atoms with van der Waals surface area (Å²) in [7, 11) is 1.88. The number of nitrogens with one attached hydrogen (secondary N) is 1. The molecule has 0 aliphatic rings. The molecule has 3 aromatic carbocycles. The zero-order valence-corrected chi connectivity index (χ0v) is 18.4. The van der Waals surface area contributed by atoms with Gasteiger partial charge in [-0.3, -0.25) is 0 Å². The molecule has 0 aromatic heterocycles. The first-order valence-corrected chi connectivity index (χ1v) is 10.2. The first-order valence-electron chi connectivity index (χ1n) is 9.86. The summed E-state index contributed by atoms with van der Waals surface area (Å²) in [4.78, 5) is 0. The van der Waals surface area contributed by atoms with Crippen LogP contribution in [0.1, 0.15) is 27.8 Å². The molecular weight excluding hydrogens is 390 g/mol. The van der Waals surface area contributed by atoms with Crippen LogP contribution >= 0.6 is 11.6 Å². The monoisotopic (exact) mass is 415 g/mol. The van der Waals surface area contributed by atoms with Crippen molar-refractivity contribution >= 4 is 28.5 Å². The summed E-state index contributed by atoms with van der Waals surface area (Å²) in [6, 6.07) is 18.3. The fraction of sp³-hybridized carbons (Fsp3) is 0.192. The van der Waals surface area contributed by atoms with Crippen LogP contribution in [0.2, 0.25) is 5.02 Å². The molecule has 152 valence electrons. The molecule has 0 saturated carbocycles. The van der Waals surface area contributed by atoms with E-state index < -0.39 is 0 Å². The Balaban J connectivity index is 1.99. The Morgan fingerprint density at radius 3 is 2.50 bits per heavy atom. The molecule has 3 rings (SSSR count). The molecular formula is C26H26ClN3. The minimum absolute atomic E-state index is 0.358. The van der Waals surface area contributed by atoms with E-state index >= 15 is 0 Å². The van der Waals surface area contributed by atoms with E-state index in [1.807, 2.05) is 38.2 Å². The van der Waals surface area contributed by atoms with Gasteiger partial charge in [-0.15, -0.1) is 0 Å². The topological polar surface area (TPSA) is 61.8 Å². The molecule has 0 heterocycles. The highest BCUT2D eigenvalue weighted by atomic mass is 35.5. The van der Waals surface area contributed by atoms with Gasteiger partial charge in [-0.1, -0.05) is 54.6 Å². The summed E-state index contributed by atoms with van der Waals surface area (Å²) in [5, 5.41) is 12.9. The van der Waals surface area contributed by atoms with Gasteiger partial charge in [0.2, 0.25) is 0 Å². The number of para-hydroxylation sites is 1. The molecule has 0 spiro atoms. The van der Waals surface area contributed by atoms with Crippen LogP contribution in [0.15, 0.2) is 55.1 Å². The molecule has 0 radical (unpaired) electrons. The van der Waals surface area contributed by atoms with Crippen LogP contribution < -0.4 is 11.1 Å². The summed E-state index contributed by atoms with van der Waals surface area (Å²) < 4.78 is 0. The number of aryl methyl sites for hydroxylation is 1. The molecule has 4 heteroatoms. The molecule has 0 fully saturated rings. The zero-order valence-electron chi connectivity index (χ0n) is 17.6. The van der Waals surface area contributed by atoms with Gasteiger partial charge in [-0.25, -0.2) is 0 Å². The smallest absolute Gasteiger partial charge is 0.0669 e. The fourth-order valence-corrected chi connectivity index (χ4v) is 4.31. The first kappa shape index (κ1) is 21.5. The van der Waals surface area contributed by atoms with Crippen LogP contribution in [-0.4, -0.2) is 7.05 Å². The van der Waals surface area contributed by atoms with Gasteiger partial charge in [-0.2, -0.15) is 5.26 Å². The predicted octanol–water partition coefficient (Wildman–Crippen LogP) is 6.57. The molecule has 3 nitrogen and oxygen atoms in total. The van der Waals surface area contributed by atoms with Gasteiger partial charge in [0.1, 0.15) is 0 Å². The van der Waals surface area contributed by atoms with Crippen LogP contribution in [0.4, 0.5) is 11.4 Å². The number of benzene rings is 3. The van der Waals surface area contributed by atoms with Crippen molar-refractivity contribution in [3.8, 4) is 17.2 Å². The van der Waals surface area contributed by atoms with E-state index in [4.69, 9.17) is 22.6 Å². The average molecular weight is 416 g/mol. The second-order valence-corrected chi connectivity index (χ2v) is 7.89. The molecule has 0 aliphatic heterocycles. The number of nitrogen functional groups attached to an aromatic ring is 1. The van der Waals surface area contributed by atoms with Crippen molar-refractivity contribution in [2.45, 2.75) is 26.7 Å². The summed E-state index contributed by atoms with van der Waals surface area (Å²) >= 11 is 6.55. The normalized spacial score (nSPS) is 10.5. The van der Waals surface area contributed by atoms with Crippen LogP contribution in [-0.2, 0) is 12.8 Å². The first-order chi connectivity index (χ1) is 14.4. The van der Waals surface area contributed by atoms with Gasteiger partial charge in [0, 0.05) is 17.6 Å². The Bertz CT molecular complexity index is 1130. The highest BCUT2D eigenvalue weighted by molar-refractivity contribution is 6.31. The van der Waals surface area contributed by atoms with Crippen LogP contribution in [0, 0.1) is 25.2 Å². The minimum Gasteiger partial charge on any atom is -0.397 e. The lowest BCUT2D eigenvalue weighted by molar-refractivity contribution is 1.18. The SMILES string of the molecule is C=C(Cc1c(C)cc(CC#N)cc1Cl)c1cccc(-c2cccc(N)c2NC)c1C. The number of nitrogens with zero attached hydrogens (tertiary/aromatic N) is 1. The third-order valence-electron chi connectivity index (χ3n) is 5.50. The quantitative estimate of drug-likeness (QED) is 0.447. The standard InChI is InChI=1S/C26H26ClN3/c1-16-13-19(11-12-28)15-24(27)23(16)14-17(2)20-7-5-8-21(18(20)3)22-9-6-10-25(29)26(22)30-4/h5-10,13,15,30H,2,11,14,29H2,1,3-4H3. The minimum atomic E-state index is 0.358. The van der Waals surface area contributed by atoms with Gasteiger partial charge in [0.25, 0.3) is 0 Å². The van der Waals surface area contributed by atoms with Crippen molar-refractivity contribution in [2.75, 3.05) is 18.1 Å². The van der Waals surface area contributed by atoms with Gasteiger partial charge in [-0.05, 0) is 71.4 Å². The molecule has 0 unspecified atom stereocenters. The Hall–Kier alpha value is -3.22. The highest BCUT2D eigenvalue weighted by Gasteiger charge is 2.15. The summed E-state index contributed by atoms with van der Waals surface area (Å²) in [6.45, 7) is 8.51. The predicted molar refractivity (Wildman–Crippen MR) is 129 cm³/mol. The van der Waals surface area contributed by atoms with E-state index in [2.05, 4.69) is 49.2 Å². The third kappa shape index (κ3) is 4.20. The maximum Gasteiger partial charge on any atom is 0.0669 e. The Labute approximate surface area is 183 Å². The lowest BCUT2D eigenvalue weighted by atomic mass is 9.89. The van der Waals surface area contributed by atoms with E-state index in [0.717, 1.165) is 55.9 Å². The Kier molecular flexibility index (Phi) is 6.50. The number of hydrogen-bond acceptors (Lipinski definition) is 3. The summed E-state index contributed by atoms with van der Waals surface area (Å²) in [5.41, 5.74) is 16.3. The van der Waals surface area contributed by atoms with Crippen molar-refractivity contribution in [3.05, 3.63) is 87.9 Å². The van der Waals surface area contributed by atoms with E-state index in [1.165, 1.54) is 0 Å². The van der Waals surface area contributed by atoms with Crippen molar-refractivity contribution in [1.29, 1.82) is 5.26 Å². The largest absolute Gasteiger partial charge is 0.397 e. The molecule has 0 saturated heterocycles. The zero-order chi connectivity index (χ0) is 21.8. The third-order valence-corrected chi connectivity index (χ3v) is 5.84. The van der Waals surface area contributed by atoms with Gasteiger partial charge in [0.15, 0.2) is 0 Å². The molecule has 0 aliphatic carbocycles. The van der Waals surface area contributed by atoms with Gasteiger partial charge in [0.05, 0.1) is 23.9 Å². The number of nitrogens with two attached hydrogens (primary N) is 1. The van der Waals surface area contributed by atoms with E-state index in [9.17, 15) is 0 Å². The number of allylic oxidation sites excluding steroid dienone is 1. The van der Waals surface area contributed by atoms with Crippen molar-refractivity contribution in [1.82, 2.24) is 0 Å². The second kappa shape index (κ2) is 9.07.